The van der Waals surface area contributed by atoms with Crippen LogP contribution in [0.4, 0.5) is 11.4 Å². The fraction of sp³-hybridized carbons (Fsp3) is 0.303. The summed E-state index contributed by atoms with van der Waals surface area (Å²) in [6.45, 7) is 3.25. The summed E-state index contributed by atoms with van der Waals surface area (Å²) in [4.78, 5) is 41.8. The number of rotatable bonds is 7. The van der Waals surface area contributed by atoms with Crippen molar-refractivity contribution < 1.29 is 14.0 Å². The molecule has 2 aromatic carbocycles. The molecule has 0 aliphatic carbocycles. The van der Waals surface area contributed by atoms with Crippen LogP contribution in [0, 0.1) is 5.92 Å². The van der Waals surface area contributed by atoms with Gasteiger partial charge in [0.15, 0.2) is 5.82 Å². The van der Waals surface area contributed by atoms with E-state index < -0.39 is 0 Å². The Morgan fingerprint density at radius 3 is 2.61 bits per heavy atom. The summed E-state index contributed by atoms with van der Waals surface area (Å²) in [5, 5.41) is 11.4. The minimum atomic E-state index is -0.161. The molecule has 3 aromatic heterocycles. The van der Waals surface area contributed by atoms with Gasteiger partial charge in [-0.3, -0.25) is 19.6 Å². The van der Waals surface area contributed by atoms with Crippen LogP contribution in [0.25, 0.3) is 33.5 Å². The molecular formula is C33H32N8O3. The molecule has 11 nitrogen and oxygen atoms in total. The molecular weight excluding hydrogens is 556 g/mol. The zero-order valence-corrected chi connectivity index (χ0v) is 24.1. The van der Waals surface area contributed by atoms with E-state index in [1.54, 1.807) is 24.9 Å². The van der Waals surface area contributed by atoms with Gasteiger partial charge in [-0.05, 0) is 74.0 Å². The lowest BCUT2D eigenvalue weighted by molar-refractivity contribution is -0.133. The molecule has 11 heteroatoms. The number of carbonyl (C=O) groups excluding carboxylic acids is 2. The predicted molar refractivity (Wildman–Crippen MR) is 166 cm³/mol. The quantitative estimate of drug-likeness (QED) is 0.292. The zero-order chi connectivity index (χ0) is 29.6. The van der Waals surface area contributed by atoms with Crippen molar-refractivity contribution >= 4 is 34.1 Å². The van der Waals surface area contributed by atoms with E-state index in [0.717, 1.165) is 71.7 Å². The van der Waals surface area contributed by atoms with E-state index in [-0.39, 0.29) is 23.8 Å². The first-order valence-electron chi connectivity index (χ1n) is 15.1. The summed E-state index contributed by atoms with van der Waals surface area (Å²) < 4.78 is 5.21. The van der Waals surface area contributed by atoms with Gasteiger partial charge in [-0.2, -0.15) is 5.10 Å². The molecule has 5 aromatic rings. The number of nitrogens with zero attached hydrogens (tertiary/aromatic N) is 6. The van der Waals surface area contributed by atoms with Crippen LogP contribution in [0.2, 0.25) is 0 Å². The van der Waals surface area contributed by atoms with Crippen LogP contribution >= 0.6 is 0 Å². The molecule has 0 saturated carbocycles. The van der Waals surface area contributed by atoms with Crippen molar-refractivity contribution in [2.75, 3.05) is 42.9 Å². The zero-order valence-electron chi connectivity index (χ0n) is 24.1. The Morgan fingerprint density at radius 2 is 1.84 bits per heavy atom. The lowest BCUT2D eigenvalue weighted by atomic mass is 10.1. The molecule has 1 unspecified atom stereocenters. The van der Waals surface area contributed by atoms with E-state index in [9.17, 15) is 9.59 Å². The van der Waals surface area contributed by atoms with E-state index in [4.69, 9.17) is 4.42 Å². The summed E-state index contributed by atoms with van der Waals surface area (Å²) in [6, 6.07) is 18.3. The number of H-pyrrole nitrogens is 1. The van der Waals surface area contributed by atoms with Gasteiger partial charge in [-0.25, -0.2) is 9.97 Å². The maximum Gasteiger partial charge on any atom is 0.237 e. The third kappa shape index (κ3) is 4.88. The molecule has 0 radical (unpaired) electrons. The average Bonchev–Trinajstić information content (AvgIpc) is 3.90. The number of fused-ring (bicyclic) bond motifs is 3. The number of hydrogen-bond donors (Lipinski definition) is 2. The standard InChI is InChI=1S/C33H32N8O3/c42-30(41-18-26-15-27(41)17-40(26)25-5-2-21(3-6-25)32-34-10-1-11-35-32)19-39-12-8-22(16-39)33(43)36-24-4-7-29-28(14-24)31(38-37-29)23-9-13-44-20-23/h1-7,9-11,13-14,20,22,26-27H,8,12,15-19H2,(H,36,43)(H,37,38)/t22-,26+,27?/m1/s1. The first kappa shape index (κ1) is 26.6. The van der Waals surface area contributed by atoms with E-state index in [0.29, 0.717) is 19.1 Å². The number of hydrogen-bond acceptors (Lipinski definition) is 8. The Labute approximate surface area is 253 Å². The minimum Gasteiger partial charge on any atom is -0.472 e. The van der Waals surface area contributed by atoms with E-state index in [1.807, 2.05) is 30.3 Å². The molecule has 3 aliphatic rings. The molecule has 3 fully saturated rings. The van der Waals surface area contributed by atoms with Gasteiger partial charge in [0.1, 0.15) is 5.69 Å². The first-order chi connectivity index (χ1) is 21.6. The number of furan rings is 1. The summed E-state index contributed by atoms with van der Waals surface area (Å²) in [7, 11) is 0. The second-order valence-electron chi connectivity index (χ2n) is 11.9. The maximum absolute atomic E-state index is 13.4. The smallest absolute Gasteiger partial charge is 0.237 e. The lowest BCUT2D eigenvalue weighted by Gasteiger charge is -2.36. The number of nitrogens with one attached hydrogen (secondary N) is 2. The van der Waals surface area contributed by atoms with Crippen LogP contribution in [0.15, 0.2) is 83.9 Å². The van der Waals surface area contributed by atoms with Crippen molar-refractivity contribution in [3.05, 3.63) is 79.5 Å². The van der Waals surface area contributed by atoms with Crippen LogP contribution < -0.4 is 10.2 Å². The van der Waals surface area contributed by atoms with Gasteiger partial charge in [0.2, 0.25) is 11.8 Å². The van der Waals surface area contributed by atoms with Gasteiger partial charge in [0.05, 0.1) is 36.5 Å². The van der Waals surface area contributed by atoms with Crippen molar-refractivity contribution in [2.45, 2.75) is 24.9 Å². The number of piperazine rings is 1. The van der Waals surface area contributed by atoms with Crippen molar-refractivity contribution in [2.24, 2.45) is 5.92 Å². The Hall–Kier alpha value is -5.03. The van der Waals surface area contributed by atoms with Crippen LogP contribution in [0.5, 0.6) is 0 Å². The number of amides is 2. The molecule has 2 amide bonds. The molecule has 2 bridgehead atoms. The van der Waals surface area contributed by atoms with E-state index in [1.165, 1.54) is 5.69 Å². The minimum absolute atomic E-state index is 0.0200. The lowest BCUT2D eigenvalue weighted by Crippen LogP contribution is -2.51. The summed E-state index contributed by atoms with van der Waals surface area (Å²) >= 11 is 0. The molecule has 222 valence electrons. The normalized spacial score (nSPS) is 21.4. The Balaban J connectivity index is 0.848. The molecule has 3 aliphatic heterocycles. The highest BCUT2D eigenvalue weighted by atomic mass is 16.3. The number of aromatic nitrogens is 4. The van der Waals surface area contributed by atoms with Crippen molar-refractivity contribution in [3.63, 3.8) is 0 Å². The van der Waals surface area contributed by atoms with Crippen LogP contribution in [-0.4, -0.2) is 86.6 Å². The molecule has 6 heterocycles. The number of benzene rings is 2. The second-order valence-corrected chi connectivity index (χ2v) is 11.9. The predicted octanol–water partition coefficient (Wildman–Crippen LogP) is 4.03. The van der Waals surface area contributed by atoms with Crippen molar-refractivity contribution in [1.29, 1.82) is 0 Å². The van der Waals surface area contributed by atoms with E-state index in [2.05, 4.69) is 64.4 Å². The highest BCUT2D eigenvalue weighted by Gasteiger charge is 2.45. The highest BCUT2D eigenvalue weighted by Crippen LogP contribution is 2.36. The van der Waals surface area contributed by atoms with Crippen molar-refractivity contribution in [3.8, 4) is 22.6 Å². The van der Waals surface area contributed by atoms with Crippen LogP contribution in [0.1, 0.15) is 12.8 Å². The molecule has 8 rings (SSSR count). The van der Waals surface area contributed by atoms with Gasteiger partial charge < -0.3 is 19.5 Å². The van der Waals surface area contributed by atoms with Gasteiger partial charge in [0.25, 0.3) is 0 Å². The monoisotopic (exact) mass is 588 g/mol. The Morgan fingerprint density at radius 1 is 0.977 bits per heavy atom. The first-order valence-corrected chi connectivity index (χ1v) is 15.1. The molecule has 3 saturated heterocycles. The second kappa shape index (κ2) is 10.9. The van der Waals surface area contributed by atoms with Crippen LogP contribution in [0.3, 0.4) is 0 Å². The molecule has 0 spiro atoms. The maximum atomic E-state index is 13.4. The Kier molecular flexibility index (Phi) is 6.59. The fourth-order valence-electron chi connectivity index (χ4n) is 6.97. The Bertz CT molecular complexity index is 1800. The number of anilines is 2. The summed E-state index contributed by atoms with van der Waals surface area (Å²) in [5.41, 5.74) is 5.44. The van der Waals surface area contributed by atoms with Crippen LogP contribution in [-0.2, 0) is 9.59 Å². The molecule has 44 heavy (non-hydrogen) atoms. The third-order valence-electron chi connectivity index (χ3n) is 9.21. The number of aromatic amines is 1. The molecule has 3 atom stereocenters. The largest absolute Gasteiger partial charge is 0.472 e. The average molecular weight is 589 g/mol. The van der Waals surface area contributed by atoms with Gasteiger partial charge >= 0.3 is 0 Å². The fourth-order valence-corrected chi connectivity index (χ4v) is 6.97. The summed E-state index contributed by atoms with van der Waals surface area (Å²) in [5.74, 6) is 0.697. The summed E-state index contributed by atoms with van der Waals surface area (Å²) in [6.07, 6.45) is 8.49. The highest BCUT2D eigenvalue weighted by molar-refractivity contribution is 5.99. The third-order valence-corrected chi connectivity index (χ3v) is 9.21. The molecule has 2 N–H and O–H groups in total. The van der Waals surface area contributed by atoms with E-state index >= 15 is 0 Å². The number of carbonyl (C=O) groups is 2. The topological polar surface area (TPSA) is 123 Å². The van der Waals surface area contributed by atoms with Crippen molar-refractivity contribution in [1.82, 2.24) is 30.0 Å². The van der Waals surface area contributed by atoms with Gasteiger partial charge in [-0.1, -0.05) is 0 Å². The SMILES string of the molecule is O=C(Nc1ccc2[nH]nc(-c3ccoc3)c2c1)[C@@H]1CCN(CC(=O)N2C[C@@H]3CC2CN3c2ccc(-c3ncccn3)cc2)C1. The number of likely N-dealkylation sites (tertiary alicyclic amines) is 2. The van der Waals surface area contributed by atoms with Gasteiger partial charge in [-0.15, -0.1) is 0 Å². The van der Waals surface area contributed by atoms with Gasteiger partial charge in [0, 0.05) is 66.0 Å².